The van der Waals surface area contributed by atoms with E-state index >= 15 is 0 Å². The molecule has 8 heteroatoms. The summed E-state index contributed by atoms with van der Waals surface area (Å²) in [5.74, 6) is 0.518. The fraction of sp³-hybridized carbons (Fsp3) is 0.455. The van der Waals surface area contributed by atoms with Crippen molar-refractivity contribution in [2.45, 2.75) is 18.2 Å². The Kier molecular flexibility index (Phi) is 7.10. The van der Waals surface area contributed by atoms with E-state index in [0.717, 1.165) is 6.42 Å². The summed E-state index contributed by atoms with van der Waals surface area (Å²) in [5.41, 5.74) is 0. The molecule has 0 heterocycles. The standard InChI is InChI=1S/C11H13Br2ClO4S/c1-2-3-17-4-5-18-11-9(12)6-8(7-10(11)13)19(14,15)16/h6-7H,2-5H2,1H3. The number of halogens is 3. The van der Waals surface area contributed by atoms with E-state index in [2.05, 4.69) is 31.9 Å². The predicted octanol–water partition coefficient (Wildman–Crippen LogP) is 3.94. The second-order valence-electron chi connectivity index (χ2n) is 3.61. The second-order valence-corrected chi connectivity index (χ2v) is 7.89. The van der Waals surface area contributed by atoms with Crippen LogP contribution in [0.25, 0.3) is 0 Å². The summed E-state index contributed by atoms with van der Waals surface area (Å²) in [6.45, 7) is 3.57. The smallest absolute Gasteiger partial charge is 0.261 e. The Bertz CT molecular complexity index is 510. The van der Waals surface area contributed by atoms with Crippen LogP contribution in [0.15, 0.2) is 26.0 Å². The first kappa shape index (κ1) is 17.2. The van der Waals surface area contributed by atoms with Crippen molar-refractivity contribution in [3.8, 4) is 5.75 Å². The first-order valence-electron chi connectivity index (χ1n) is 5.50. The lowest BCUT2D eigenvalue weighted by Gasteiger charge is -2.11. The lowest BCUT2D eigenvalue weighted by Crippen LogP contribution is -2.08. The third kappa shape index (κ3) is 5.59. The van der Waals surface area contributed by atoms with Crippen LogP contribution in [0.3, 0.4) is 0 Å². The van der Waals surface area contributed by atoms with Gasteiger partial charge >= 0.3 is 0 Å². The van der Waals surface area contributed by atoms with Crippen molar-refractivity contribution in [3.05, 3.63) is 21.1 Å². The molecule has 4 nitrogen and oxygen atoms in total. The zero-order chi connectivity index (χ0) is 14.5. The van der Waals surface area contributed by atoms with Crippen LogP contribution < -0.4 is 4.74 Å². The molecule has 108 valence electrons. The molecular formula is C11H13Br2ClO4S. The molecule has 0 atom stereocenters. The molecule has 1 rings (SSSR count). The lowest BCUT2D eigenvalue weighted by molar-refractivity contribution is 0.100. The van der Waals surface area contributed by atoms with Crippen molar-refractivity contribution in [1.82, 2.24) is 0 Å². The highest BCUT2D eigenvalue weighted by Gasteiger charge is 2.16. The Morgan fingerprint density at radius 3 is 2.21 bits per heavy atom. The van der Waals surface area contributed by atoms with Crippen LogP contribution in [-0.2, 0) is 13.8 Å². The van der Waals surface area contributed by atoms with Crippen molar-refractivity contribution >= 4 is 51.6 Å². The largest absolute Gasteiger partial charge is 0.489 e. The molecular weight excluding hydrogens is 423 g/mol. The molecule has 0 spiro atoms. The van der Waals surface area contributed by atoms with Crippen molar-refractivity contribution < 1.29 is 17.9 Å². The number of rotatable bonds is 7. The quantitative estimate of drug-likeness (QED) is 0.480. The molecule has 0 saturated carbocycles. The molecule has 0 saturated heterocycles. The first-order chi connectivity index (χ1) is 8.86. The molecule has 0 radical (unpaired) electrons. The third-order valence-corrected chi connectivity index (χ3v) is 4.59. The maximum absolute atomic E-state index is 11.2. The van der Waals surface area contributed by atoms with E-state index in [1.54, 1.807) is 0 Å². The summed E-state index contributed by atoms with van der Waals surface area (Å²) >= 11 is 6.51. The van der Waals surface area contributed by atoms with Gasteiger partial charge in [0, 0.05) is 17.3 Å². The Morgan fingerprint density at radius 1 is 1.16 bits per heavy atom. The van der Waals surface area contributed by atoms with Crippen LogP contribution in [0.5, 0.6) is 5.75 Å². The van der Waals surface area contributed by atoms with E-state index in [1.807, 2.05) is 6.92 Å². The number of hydrogen-bond acceptors (Lipinski definition) is 4. The highest BCUT2D eigenvalue weighted by molar-refractivity contribution is 9.11. The van der Waals surface area contributed by atoms with Gasteiger partial charge in [0.05, 0.1) is 20.4 Å². The van der Waals surface area contributed by atoms with Crippen LogP contribution in [0.4, 0.5) is 0 Å². The van der Waals surface area contributed by atoms with Crippen molar-refractivity contribution in [1.29, 1.82) is 0 Å². The van der Waals surface area contributed by atoms with E-state index in [9.17, 15) is 8.42 Å². The van der Waals surface area contributed by atoms with Crippen LogP contribution in [0, 0.1) is 0 Å². The summed E-state index contributed by atoms with van der Waals surface area (Å²) in [5, 5.41) is 0. The van der Waals surface area contributed by atoms with Gasteiger partial charge in [-0.1, -0.05) is 6.92 Å². The number of hydrogen-bond donors (Lipinski definition) is 0. The minimum atomic E-state index is -3.77. The Balaban J connectivity index is 2.75. The van der Waals surface area contributed by atoms with Crippen molar-refractivity contribution in [2.75, 3.05) is 19.8 Å². The molecule has 0 aliphatic rings. The fourth-order valence-corrected chi connectivity index (χ4v) is 3.77. The zero-order valence-electron chi connectivity index (χ0n) is 10.2. The van der Waals surface area contributed by atoms with E-state index in [0.29, 0.717) is 34.5 Å². The van der Waals surface area contributed by atoms with Gasteiger partial charge in [-0.3, -0.25) is 0 Å². The summed E-state index contributed by atoms with van der Waals surface area (Å²) in [6.07, 6.45) is 0.954. The summed E-state index contributed by atoms with van der Waals surface area (Å²) in [6, 6.07) is 2.80. The molecule has 1 aromatic rings. The fourth-order valence-electron chi connectivity index (χ4n) is 1.26. The topological polar surface area (TPSA) is 52.6 Å². The highest BCUT2D eigenvalue weighted by atomic mass is 79.9. The minimum absolute atomic E-state index is 0.00231. The molecule has 0 unspecified atom stereocenters. The lowest BCUT2D eigenvalue weighted by atomic mass is 10.3. The summed E-state index contributed by atoms with van der Waals surface area (Å²) in [7, 11) is 1.52. The van der Waals surface area contributed by atoms with Crippen molar-refractivity contribution in [2.24, 2.45) is 0 Å². The number of ether oxygens (including phenoxy) is 2. The molecule has 0 aromatic heterocycles. The molecule has 1 aromatic carbocycles. The minimum Gasteiger partial charge on any atom is -0.489 e. The molecule has 0 amide bonds. The van der Waals surface area contributed by atoms with Gasteiger partial charge in [0.1, 0.15) is 12.4 Å². The normalized spacial score (nSPS) is 11.6. The van der Waals surface area contributed by atoms with Crippen LogP contribution in [0.2, 0.25) is 0 Å². The third-order valence-electron chi connectivity index (χ3n) is 2.08. The molecule has 0 bridgehead atoms. The Morgan fingerprint density at radius 2 is 1.74 bits per heavy atom. The van der Waals surface area contributed by atoms with Crippen molar-refractivity contribution in [3.63, 3.8) is 0 Å². The van der Waals surface area contributed by atoms with E-state index in [1.165, 1.54) is 12.1 Å². The first-order valence-corrected chi connectivity index (χ1v) is 9.40. The highest BCUT2D eigenvalue weighted by Crippen LogP contribution is 2.36. The van der Waals surface area contributed by atoms with Gasteiger partial charge in [-0.25, -0.2) is 8.42 Å². The second kappa shape index (κ2) is 7.83. The van der Waals surface area contributed by atoms with Gasteiger partial charge in [0.25, 0.3) is 9.05 Å². The van der Waals surface area contributed by atoms with E-state index in [-0.39, 0.29) is 4.90 Å². The van der Waals surface area contributed by atoms with E-state index in [4.69, 9.17) is 20.2 Å². The Labute approximate surface area is 134 Å². The SMILES string of the molecule is CCCOCCOc1c(Br)cc(S(=O)(=O)Cl)cc1Br. The molecule has 0 aliphatic carbocycles. The monoisotopic (exact) mass is 434 g/mol. The average molecular weight is 437 g/mol. The van der Waals surface area contributed by atoms with Gasteiger partial charge < -0.3 is 9.47 Å². The number of benzene rings is 1. The summed E-state index contributed by atoms with van der Waals surface area (Å²) < 4.78 is 34.3. The summed E-state index contributed by atoms with van der Waals surface area (Å²) in [4.78, 5) is 0.00231. The van der Waals surface area contributed by atoms with Gasteiger partial charge in [0.15, 0.2) is 0 Å². The van der Waals surface area contributed by atoms with Gasteiger partial charge in [-0.15, -0.1) is 0 Å². The Hall–Kier alpha value is 0.180. The predicted molar refractivity (Wildman–Crippen MR) is 81.5 cm³/mol. The van der Waals surface area contributed by atoms with Crippen LogP contribution in [-0.4, -0.2) is 28.2 Å². The van der Waals surface area contributed by atoms with Crippen LogP contribution >= 0.6 is 42.5 Å². The van der Waals surface area contributed by atoms with Gasteiger partial charge in [-0.05, 0) is 50.4 Å². The maximum Gasteiger partial charge on any atom is 0.261 e. The zero-order valence-corrected chi connectivity index (χ0v) is 14.9. The van der Waals surface area contributed by atoms with E-state index < -0.39 is 9.05 Å². The van der Waals surface area contributed by atoms with Gasteiger partial charge in [0.2, 0.25) is 0 Å². The molecule has 19 heavy (non-hydrogen) atoms. The van der Waals surface area contributed by atoms with Gasteiger partial charge in [-0.2, -0.15) is 0 Å². The molecule has 0 aliphatic heterocycles. The van der Waals surface area contributed by atoms with Crippen LogP contribution in [0.1, 0.15) is 13.3 Å². The maximum atomic E-state index is 11.2. The molecule has 0 fully saturated rings. The average Bonchev–Trinajstić information content (AvgIpc) is 2.30. The molecule has 0 N–H and O–H groups in total.